The van der Waals surface area contributed by atoms with E-state index in [2.05, 4.69) is 5.32 Å². The van der Waals surface area contributed by atoms with Gasteiger partial charge in [-0.15, -0.1) is 0 Å². The lowest BCUT2D eigenvalue weighted by Gasteiger charge is -2.29. The van der Waals surface area contributed by atoms with Gasteiger partial charge in [-0.1, -0.05) is 18.2 Å². The highest BCUT2D eigenvalue weighted by Crippen LogP contribution is 2.36. The second-order valence-corrected chi connectivity index (χ2v) is 7.25. The molecule has 0 aliphatic carbocycles. The van der Waals surface area contributed by atoms with Gasteiger partial charge in [-0.05, 0) is 31.2 Å². The van der Waals surface area contributed by atoms with Crippen LogP contribution < -0.4 is 9.62 Å². The van der Waals surface area contributed by atoms with Gasteiger partial charge in [0.15, 0.2) is 11.6 Å². The van der Waals surface area contributed by atoms with Gasteiger partial charge in [0.05, 0.1) is 17.4 Å². The number of carbonyl (C=O) groups is 1. The predicted octanol–water partition coefficient (Wildman–Crippen LogP) is 2.89. The maximum atomic E-state index is 14.1. The standard InChI is InChI=1S/C16H14F2N2O3S/c1-10-9-15(21)19-12-6-2-3-7-13(12)20(10)24(22,23)14-8-4-5-11(17)16(14)18/h2-8,10H,9H2,1H3,(H,19,21)/t10-/m0/s1. The molecule has 5 nitrogen and oxygen atoms in total. The molecule has 1 heterocycles. The van der Waals surface area contributed by atoms with E-state index in [0.29, 0.717) is 5.69 Å². The van der Waals surface area contributed by atoms with Crippen molar-refractivity contribution < 1.29 is 22.0 Å². The quantitative estimate of drug-likeness (QED) is 0.904. The molecule has 0 saturated carbocycles. The molecule has 1 N–H and O–H groups in total. The summed E-state index contributed by atoms with van der Waals surface area (Å²) in [5.74, 6) is -3.04. The van der Waals surface area contributed by atoms with Gasteiger partial charge < -0.3 is 5.32 Å². The largest absolute Gasteiger partial charge is 0.324 e. The summed E-state index contributed by atoms with van der Waals surface area (Å²) in [5, 5.41) is 2.62. The summed E-state index contributed by atoms with van der Waals surface area (Å²) in [7, 11) is -4.40. The number of nitrogens with zero attached hydrogens (tertiary/aromatic N) is 1. The number of anilines is 2. The van der Waals surface area contributed by atoms with Crippen LogP contribution in [0.3, 0.4) is 0 Å². The van der Waals surface area contributed by atoms with Gasteiger partial charge in [0.1, 0.15) is 4.90 Å². The topological polar surface area (TPSA) is 66.5 Å². The third-order valence-corrected chi connectivity index (χ3v) is 5.70. The number of nitrogens with one attached hydrogen (secondary N) is 1. The molecule has 24 heavy (non-hydrogen) atoms. The molecule has 0 unspecified atom stereocenters. The van der Waals surface area contributed by atoms with E-state index in [1.54, 1.807) is 18.2 Å². The van der Waals surface area contributed by atoms with Crippen LogP contribution >= 0.6 is 0 Å². The highest BCUT2D eigenvalue weighted by Gasteiger charge is 2.36. The maximum absolute atomic E-state index is 14.1. The van der Waals surface area contributed by atoms with Crippen molar-refractivity contribution in [3.63, 3.8) is 0 Å². The molecule has 1 aliphatic heterocycles. The number of sulfonamides is 1. The minimum atomic E-state index is -4.40. The molecule has 8 heteroatoms. The van der Waals surface area contributed by atoms with Crippen LogP contribution in [0, 0.1) is 11.6 Å². The van der Waals surface area contributed by atoms with Gasteiger partial charge in [0.25, 0.3) is 10.0 Å². The lowest BCUT2D eigenvalue weighted by atomic mass is 10.2. The second-order valence-electron chi connectivity index (χ2n) is 5.47. The van der Waals surface area contributed by atoms with E-state index < -0.39 is 32.6 Å². The van der Waals surface area contributed by atoms with Crippen LogP contribution in [-0.4, -0.2) is 20.4 Å². The number of amides is 1. The minimum Gasteiger partial charge on any atom is -0.324 e. The van der Waals surface area contributed by atoms with Gasteiger partial charge in [0.2, 0.25) is 5.91 Å². The van der Waals surface area contributed by atoms with Crippen LogP contribution in [-0.2, 0) is 14.8 Å². The highest BCUT2D eigenvalue weighted by atomic mass is 32.2. The Labute approximate surface area is 138 Å². The molecular formula is C16H14F2N2O3S. The molecule has 2 aromatic rings. The third-order valence-electron chi connectivity index (χ3n) is 3.75. The normalized spacial score (nSPS) is 17.9. The van der Waals surface area contributed by atoms with Crippen molar-refractivity contribution in [3.8, 4) is 0 Å². The number of benzene rings is 2. The van der Waals surface area contributed by atoms with E-state index in [0.717, 1.165) is 22.5 Å². The summed E-state index contributed by atoms with van der Waals surface area (Å²) in [6, 6.07) is 8.52. The van der Waals surface area contributed by atoms with Crippen molar-refractivity contribution in [2.75, 3.05) is 9.62 Å². The van der Waals surface area contributed by atoms with Crippen LogP contribution in [0.1, 0.15) is 13.3 Å². The van der Waals surface area contributed by atoms with Crippen molar-refractivity contribution >= 4 is 27.3 Å². The fourth-order valence-electron chi connectivity index (χ4n) is 2.72. The Morgan fingerprint density at radius 3 is 2.58 bits per heavy atom. The third kappa shape index (κ3) is 2.62. The molecule has 0 bridgehead atoms. The fraction of sp³-hybridized carbons (Fsp3) is 0.188. The van der Waals surface area contributed by atoms with Crippen molar-refractivity contribution in [3.05, 3.63) is 54.1 Å². The molecule has 0 aromatic heterocycles. The number of carbonyl (C=O) groups excluding carboxylic acids is 1. The summed E-state index contributed by atoms with van der Waals surface area (Å²) >= 11 is 0. The summed E-state index contributed by atoms with van der Waals surface area (Å²) < 4.78 is 54.5. The average molecular weight is 352 g/mol. The molecule has 126 valence electrons. The molecule has 3 rings (SSSR count). The number of halogens is 2. The van der Waals surface area contributed by atoms with E-state index in [9.17, 15) is 22.0 Å². The van der Waals surface area contributed by atoms with E-state index in [1.807, 2.05) is 0 Å². The SMILES string of the molecule is C[C@H]1CC(=O)Nc2ccccc2N1S(=O)(=O)c1cccc(F)c1F. The first-order chi connectivity index (χ1) is 11.3. The monoisotopic (exact) mass is 352 g/mol. The van der Waals surface area contributed by atoms with Crippen LogP contribution in [0.5, 0.6) is 0 Å². The Balaban J connectivity index is 2.23. The smallest absolute Gasteiger partial charge is 0.267 e. The maximum Gasteiger partial charge on any atom is 0.267 e. The number of hydrogen-bond donors (Lipinski definition) is 1. The van der Waals surface area contributed by atoms with Crippen LogP contribution in [0.4, 0.5) is 20.2 Å². The van der Waals surface area contributed by atoms with Crippen molar-refractivity contribution in [2.24, 2.45) is 0 Å². The highest BCUT2D eigenvalue weighted by molar-refractivity contribution is 7.92. The Morgan fingerprint density at radius 2 is 1.83 bits per heavy atom. The van der Waals surface area contributed by atoms with Crippen LogP contribution in [0.25, 0.3) is 0 Å². The summed E-state index contributed by atoms with van der Waals surface area (Å²) in [6.07, 6.45) is -0.106. The van der Waals surface area contributed by atoms with Crippen LogP contribution in [0.2, 0.25) is 0 Å². The van der Waals surface area contributed by atoms with Crippen molar-refractivity contribution in [1.82, 2.24) is 0 Å². The summed E-state index contributed by atoms with van der Waals surface area (Å²) in [6.45, 7) is 1.54. The Morgan fingerprint density at radius 1 is 1.12 bits per heavy atom. The number of fused-ring (bicyclic) bond motifs is 1. The number of rotatable bonds is 2. The average Bonchev–Trinajstić information content (AvgIpc) is 2.64. The van der Waals surface area contributed by atoms with E-state index >= 15 is 0 Å². The molecule has 1 atom stereocenters. The van der Waals surface area contributed by atoms with Gasteiger partial charge in [-0.25, -0.2) is 17.2 Å². The first-order valence-corrected chi connectivity index (χ1v) is 8.63. The predicted molar refractivity (Wildman–Crippen MR) is 85.2 cm³/mol. The molecule has 2 aromatic carbocycles. The Bertz CT molecular complexity index is 915. The fourth-order valence-corrected chi connectivity index (χ4v) is 4.47. The van der Waals surface area contributed by atoms with Gasteiger partial charge >= 0.3 is 0 Å². The Kier molecular flexibility index (Phi) is 4.00. The molecule has 1 amide bonds. The lowest BCUT2D eigenvalue weighted by Crippen LogP contribution is -2.39. The molecule has 0 radical (unpaired) electrons. The summed E-state index contributed by atoms with van der Waals surface area (Å²) in [4.78, 5) is 11.2. The zero-order chi connectivity index (χ0) is 17.5. The van der Waals surface area contributed by atoms with E-state index in [1.165, 1.54) is 13.0 Å². The summed E-state index contributed by atoms with van der Waals surface area (Å²) in [5.41, 5.74) is 0.506. The van der Waals surface area contributed by atoms with Gasteiger partial charge in [0, 0.05) is 6.42 Å². The second kappa shape index (κ2) is 5.86. The lowest BCUT2D eigenvalue weighted by molar-refractivity contribution is -0.116. The Hall–Kier alpha value is -2.48. The first-order valence-electron chi connectivity index (χ1n) is 7.19. The van der Waals surface area contributed by atoms with E-state index in [4.69, 9.17) is 0 Å². The molecular weight excluding hydrogens is 338 g/mol. The first kappa shape index (κ1) is 16.4. The molecule has 1 aliphatic rings. The minimum absolute atomic E-state index is 0.106. The zero-order valence-electron chi connectivity index (χ0n) is 12.7. The van der Waals surface area contributed by atoms with Crippen molar-refractivity contribution in [1.29, 1.82) is 0 Å². The van der Waals surface area contributed by atoms with Crippen molar-refractivity contribution in [2.45, 2.75) is 24.3 Å². The van der Waals surface area contributed by atoms with Gasteiger partial charge in [-0.2, -0.15) is 0 Å². The zero-order valence-corrected chi connectivity index (χ0v) is 13.5. The molecule has 0 saturated heterocycles. The van der Waals surface area contributed by atoms with Gasteiger partial charge in [-0.3, -0.25) is 9.10 Å². The van der Waals surface area contributed by atoms with Crippen LogP contribution in [0.15, 0.2) is 47.4 Å². The number of hydrogen-bond acceptors (Lipinski definition) is 3. The number of para-hydroxylation sites is 2. The molecule has 0 fully saturated rings. The molecule has 0 spiro atoms. The van der Waals surface area contributed by atoms with E-state index in [-0.39, 0.29) is 18.0 Å².